The van der Waals surface area contributed by atoms with Crippen LogP contribution in [0.3, 0.4) is 0 Å². The van der Waals surface area contributed by atoms with Crippen LogP contribution >= 0.6 is 0 Å². The zero-order chi connectivity index (χ0) is 13.9. The number of nitrogens with one attached hydrogen (secondary N) is 1. The summed E-state index contributed by atoms with van der Waals surface area (Å²) in [4.78, 5) is 0. The van der Waals surface area contributed by atoms with Crippen molar-refractivity contribution < 1.29 is 0 Å². The summed E-state index contributed by atoms with van der Waals surface area (Å²) >= 11 is 0. The average molecular weight is 269 g/mol. The number of allylic oxidation sites excluding steroid dienone is 2. The Morgan fingerprint density at radius 2 is 1.95 bits per heavy atom. The van der Waals surface area contributed by atoms with Gasteiger partial charge in [0, 0.05) is 12.1 Å². The molecule has 0 aliphatic heterocycles. The summed E-state index contributed by atoms with van der Waals surface area (Å²) in [5.74, 6) is 2.55. The SMILES string of the molecule is CCCC(NC(C)C1CC2C=CC1C2)c1ccccc1. The smallest absolute Gasteiger partial charge is 0.0322 e. The van der Waals surface area contributed by atoms with Gasteiger partial charge in [0.15, 0.2) is 0 Å². The van der Waals surface area contributed by atoms with E-state index in [0.29, 0.717) is 12.1 Å². The highest BCUT2D eigenvalue weighted by molar-refractivity contribution is 5.19. The number of hydrogen-bond acceptors (Lipinski definition) is 1. The minimum atomic E-state index is 0.513. The molecule has 2 aliphatic rings. The predicted octanol–water partition coefficient (Wildman–Crippen LogP) is 4.72. The third-order valence-corrected chi connectivity index (χ3v) is 5.22. The molecular weight excluding hydrogens is 242 g/mol. The molecule has 1 aromatic carbocycles. The summed E-state index contributed by atoms with van der Waals surface area (Å²) in [5, 5.41) is 3.93. The van der Waals surface area contributed by atoms with Crippen LogP contribution in [0.4, 0.5) is 0 Å². The van der Waals surface area contributed by atoms with E-state index >= 15 is 0 Å². The molecule has 0 radical (unpaired) electrons. The van der Waals surface area contributed by atoms with Crippen molar-refractivity contribution in [2.24, 2.45) is 17.8 Å². The summed E-state index contributed by atoms with van der Waals surface area (Å²) in [5.41, 5.74) is 1.44. The van der Waals surface area contributed by atoms with Crippen molar-refractivity contribution in [3.63, 3.8) is 0 Å². The molecule has 5 unspecified atom stereocenters. The minimum Gasteiger partial charge on any atom is -0.307 e. The van der Waals surface area contributed by atoms with Gasteiger partial charge in [-0.25, -0.2) is 0 Å². The van der Waals surface area contributed by atoms with Gasteiger partial charge in [0.05, 0.1) is 0 Å². The van der Waals surface area contributed by atoms with Crippen LogP contribution < -0.4 is 5.32 Å². The van der Waals surface area contributed by atoms with Crippen molar-refractivity contribution in [2.45, 2.75) is 51.6 Å². The maximum atomic E-state index is 3.93. The second-order valence-corrected chi connectivity index (χ2v) is 6.65. The summed E-state index contributed by atoms with van der Waals surface area (Å²) in [6.07, 6.45) is 10.2. The quantitative estimate of drug-likeness (QED) is 0.737. The van der Waals surface area contributed by atoms with Crippen LogP contribution in [0.25, 0.3) is 0 Å². The Morgan fingerprint density at radius 3 is 2.55 bits per heavy atom. The van der Waals surface area contributed by atoms with Crippen LogP contribution in [0.5, 0.6) is 0 Å². The van der Waals surface area contributed by atoms with Gasteiger partial charge in [0.25, 0.3) is 0 Å². The molecule has 0 saturated heterocycles. The van der Waals surface area contributed by atoms with Gasteiger partial charge in [-0.05, 0) is 49.5 Å². The lowest BCUT2D eigenvalue weighted by Crippen LogP contribution is -2.38. The maximum absolute atomic E-state index is 3.93. The van der Waals surface area contributed by atoms with E-state index in [2.05, 4.69) is 61.6 Å². The van der Waals surface area contributed by atoms with Gasteiger partial charge < -0.3 is 5.32 Å². The molecule has 1 N–H and O–H groups in total. The van der Waals surface area contributed by atoms with Crippen molar-refractivity contribution in [3.05, 3.63) is 48.0 Å². The molecule has 0 amide bonds. The summed E-state index contributed by atoms with van der Waals surface area (Å²) < 4.78 is 0. The molecule has 2 aliphatic carbocycles. The van der Waals surface area contributed by atoms with Gasteiger partial charge >= 0.3 is 0 Å². The number of hydrogen-bond donors (Lipinski definition) is 1. The van der Waals surface area contributed by atoms with E-state index in [9.17, 15) is 0 Å². The van der Waals surface area contributed by atoms with E-state index in [0.717, 1.165) is 17.8 Å². The number of fused-ring (bicyclic) bond motifs is 2. The van der Waals surface area contributed by atoms with Gasteiger partial charge in [0.2, 0.25) is 0 Å². The number of rotatable bonds is 6. The van der Waals surface area contributed by atoms with E-state index in [1.165, 1.54) is 31.2 Å². The molecular formula is C19H27N. The fourth-order valence-corrected chi connectivity index (χ4v) is 4.16. The fourth-order valence-electron chi connectivity index (χ4n) is 4.16. The predicted molar refractivity (Wildman–Crippen MR) is 85.5 cm³/mol. The van der Waals surface area contributed by atoms with Crippen LogP contribution in [0.2, 0.25) is 0 Å². The second-order valence-electron chi connectivity index (χ2n) is 6.65. The first kappa shape index (κ1) is 13.9. The largest absolute Gasteiger partial charge is 0.307 e. The zero-order valence-corrected chi connectivity index (χ0v) is 12.8. The third kappa shape index (κ3) is 2.83. The molecule has 2 bridgehead atoms. The van der Waals surface area contributed by atoms with Crippen molar-refractivity contribution in [2.75, 3.05) is 0 Å². The monoisotopic (exact) mass is 269 g/mol. The summed E-state index contributed by atoms with van der Waals surface area (Å²) in [7, 11) is 0. The molecule has 0 aromatic heterocycles. The lowest BCUT2D eigenvalue weighted by atomic mass is 9.86. The maximum Gasteiger partial charge on any atom is 0.0322 e. The highest BCUT2D eigenvalue weighted by Crippen LogP contribution is 2.45. The Bertz CT molecular complexity index is 450. The van der Waals surface area contributed by atoms with Crippen LogP contribution in [0.1, 0.15) is 51.1 Å². The first-order valence-corrected chi connectivity index (χ1v) is 8.27. The number of benzene rings is 1. The highest BCUT2D eigenvalue weighted by atomic mass is 15.0. The molecule has 1 fully saturated rings. The Hall–Kier alpha value is -1.08. The van der Waals surface area contributed by atoms with Gasteiger partial charge in [-0.3, -0.25) is 0 Å². The van der Waals surface area contributed by atoms with Crippen LogP contribution in [0.15, 0.2) is 42.5 Å². The van der Waals surface area contributed by atoms with Crippen LogP contribution in [-0.2, 0) is 0 Å². The third-order valence-electron chi connectivity index (χ3n) is 5.22. The first-order chi connectivity index (χ1) is 9.78. The summed E-state index contributed by atoms with van der Waals surface area (Å²) in [6.45, 7) is 4.67. The highest BCUT2D eigenvalue weighted by Gasteiger charge is 2.38. The van der Waals surface area contributed by atoms with Crippen LogP contribution in [-0.4, -0.2) is 6.04 Å². The van der Waals surface area contributed by atoms with E-state index in [-0.39, 0.29) is 0 Å². The van der Waals surface area contributed by atoms with Gasteiger partial charge in [-0.2, -0.15) is 0 Å². The van der Waals surface area contributed by atoms with Crippen molar-refractivity contribution in [1.82, 2.24) is 5.32 Å². The molecule has 1 saturated carbocycles. The minimum absolute atomic E-state index is 0.513. The zero-order valence-electron chi connectivity index (χ0n) is 12.8. The molecule has 1 heteroatoms. The lowest BCUT2D eigenvalue weighted by molar-refractivity contribution is 0.294. The van der Waals surface area contributed by atoms with Crippen molar-refractivity contribution in [3.8, 4) is 0 Å². The standard InChI is InChI=1S/C19H27N/c1-3-7-19(16-8-5-4-6-9-16)20-14(2)18-13-15-10-11-17(18)12-15/h4-6,8-11,14-15,17-20H,3,7,12-13H2,1-2H3. The van der Waals surface area contributed by atoms with Crippen molar-refractivity contribution >= 4 is 0 Å². The Kier molecular flexibility index (Phi) is 4.26. The van der Waals surface area contributed by atoms with Gasteiger partial charge in [-0.1, -0.05) is 55.8 Å². The Balaban J connectivity index is 1.66. The molecule has 20 heavy (non-hydrogen) atoms. The average Bonchev–Trinajstić information content (AvgIpc) is 3.10. The topological polar surface area (TPSA) is 12.0 Å². The van der Waals surface area contributed by atoms with E-state index < -0.39 is 0 Å². The lowest BCUT2D eigenvalue weighted by Gasteiger charge is -2.31. The molecule has 5 atom stereocenters. The van der Waals surface area contributed by atoms with Gasteiger partial charge in [0.1, 0.15) is 0 Å². The Labute approximate surface area is 123 Å². The van der Waals surface area contributed by atoms with E-state index in [1.807, 2.05) is 0 Å². The molecule has 108 valence electrons. The first-order valence-electron chi connectivity index (χ1n) is 8.27. The molecule has 0 spiro atoms. The summed E-state index contributed by atoms with van der Waals surface area (Å²) in [6, 6.07) is 12.1. The molecule has 0 heterocycles. The van der Waals surface area contributed by atoms with Gasteiger partial charge in [-0.15, -0.1) is 0 Å². The van der Waals surface area contributed by atoms with E-state index in [1.54, 1.807) is 0 Å². The fraction of sp³-hybridized carbons (Fsp3) is 0.579. The Morgan fingerprint density at radius 1 is 1.15 bits per heavy atom. The molecule has 1 aromatic rings. The van der Waals surface area contributed by atoms with Crippen LogP contribution in [0, 0.1) is 17.8 Å². The second kappa shape index (κ2) is 6.13. The molecule has 1 nitrogen and oxygen atoms in total. The van der Waals surface area contributed by atoms with Crippen molar-refractivity contribution in [1.29, 1.82) is 0 Å². The molecule has 3 rings (SSSR count). The normalized spacial score (nSPS) is 30.6. The van der Waals surface area contributed by atoms with E-state index in [4.69, 9.17) is 0 Å².